The molecule has 0 aliphatic heterocycles. The summed E-state index contributed by atoms with van der Waals surface area (Å²) < 4.78 is 40.7. The van der Waals surface area contributed by atoms with Gasteiger partial charge in [0.15, 0.2) is 5.82 Å². The van der Waals surface area contributed by atoms with Crippen molar-refractivity contribution >= 4 is 16.8 Å². The van der Waals surface area contributed by atoms with E-state index in [0.717, 1.165) is 12.1 Å². The van der Waals surface area contributed by atoms with E-state index < -0.39 is 17.6 Å². The molecule has 1 aromatic carbocycles. The number of alkyl halides is 3. The van der Waals surface area contributed by atoms with Crippen LogP contribution < -0.4 is 5.43 Å². The third kappa shape index (κ3) is 3.98. The number of aromatic nitrogens is 4. The molecule has 9 heteroatoms. The highest BCUT2D eigenvalue weighted by Gasteiger charge is 2.31. The minimum atomic E-state index is -4.44. The molecule has 158 valence electrons. The van der Waals surface area contributed by atoms with Crippen molar-refractivity contribution in [1.82, 2.24) is 19.6 Å². The molecule has 0 aliphatic rings. The minimum Gasteiger partial charge on any atom is -0.267 e. The van der Waals surface area contributed by atoms with Crippen LogP contribution in [0.1, 0.15) is 34.1 Å². The Balaban J connectivity index is 1.66. The van der Waals surface area contributed by atoms with Gasteiger partial charge in [-0.2, -0.15) is 13.2 Å². The Morgan fingerprint density at radius 2 is 1.97 bits per heavy atom. The molecule has 0 radical (unpaired) electrons. The van der Waals surface area contributed by atoms with Gasteiger partial charge in [-0.05, 0) is 49.2 Å². The van der Waals surface area contributed by atoms with Crippen molar-refractivity contribution in [3.05, 3.63) is 77.4 Å². The first-order chi connectivity index (χ1) is 14.8. The lowest BCUT2D eigenvalue weighted by Crippen LogP contribution is -2.23. The fourth-order valence-corrected chi connectivity index (χ4v) is 3.33. The Bertz CT molecular complexity index is 1270. The summed E-state index contributed by atoms with van der Waals surface area (Å²) in [4.78, 5) is 25.6. The second-order valence-corrected chi connectivity index (χ2v) is 6.96. The number of rotatable bonds is 4. The van der Waals surface area contributed by atoms with Gasteiger partial charge in [0.2, 0.25) is 0 Å². The summed E-state index contributed by atoms with van der Waals surface area (Å²) in [6.45, 7) is 3.53. The average Bonchev–Trinajstić information content (AvgIpc) is 3.10. The molecule has 1 amide bonds. The van der Waals surface area contributed by atoms with Crippen LogP contribution in [0.4, 0.5) is 13.2 Å². The number of hydrogen-bond acceptors (Lipinski definition) is 4. The SMILES string of the molecule is CCc1cn(NC(=O)c2cnc(-c3ccccn3)nc2C)c2ccc(C(F)(F)F)cc12. The zero-order valence-corrected chi connectivity index (χ0v) is 16.7. The van der Waals surface area contributed by atoms with E-state index in [1.807, 2.05) is 13.0 Å². The number of fused-ring (bicyclic) bond motifs is 1. The number of carbonyl (C=O) groups excluding carboxylic acids is 1. The molecule has 6 nitrogen and oxygen atoms in total. The topological polar surface area (TPSA) is 72.7 Å². The number of halogens is 3. The van der Waals surface area contributed by atoms with Crippen LogP contribution in [-0.2, 0) is 12.6 Å². The van der Waals surface area contributed by atoms with Crippen LogP contribution in [0.25, 0.3) is 22.4 Å². The van der Waals surface area contributed by atoms with E-state index in [2.05, 4.69) is 20.4 Å². The predicted octanol–water partition coefficient (Wildman–Crippen LogP) is 4.77. The molecule has 0 bridgehead atoms. The molecule has 0 saturated carbocycles. The van der Waals surface area contributed by atoms with Crippen molar-refractivity contribution in [3.8, 4) is 11.5 Å². The highest BCUT2D eigenvalue weighted by Crippen LogP contribution is 2.33. The summed E-state index contributed by atoms with van der Waals surface area (Å²) in [5, 5.41) is 0.441. The van der Waals surface area contributed by atoms with Gasteiger partial charge in [0.1, 0.15) is 5.69 Å². The summed E-state index contributed by atoms with van der Waals surface area (Å²) in [6.07, 6.45) is 0.744. The first-order valence-corrected chi connectivity index (χ1v) is 9.55. The molecule has 4 aromatic rings. The highest BCUT2D eigenvalue weighted by atomic mass is 19.4. The van der Waals surface area contributed by atoms with Gasteiger partial charge in [-0.3, -0.25) is 19.9 Å². The maximum absolute atomic E-state index is 13.1. The second-order valence-electron chi connectivity index (χ2n) is 6.96. The van der Waals surface area contributed by atoms with Gasteiger partial charge in [0.05, 0.1) is 22.3 Å². The van der Waals surface area contributed by atoms with Gasteiger partial charge >= 0.3 is 6.18 Å². The average molecular weight is 425 g/mol. The van der Waals surface area contributed by atoms with Crippen LogP contribution >= 0.6 is 0 Å². The summed E-state index contributed by atoms with van der Waals surface area (Å²) in [5.41, 5.74) is 4.45. The second kappa shape index (κ2) is 7.82. The van der Waals surface area contributed by atoms with Gasteiger partial charge in [0, 0.05) is 24.0 Å². The number of pyridine rings is 1. The molecule has 0 spiro atoms. The monoisotopic (exact) mass is 425 g/mol. The van der Waals surface area contributed by atoms with Crippen molar-refractivity contribution in [2.45, 2.75) is 26.4 Å². The molecular weight excluding hydrogens is 407 g/mol. The minimum absolute atomic E-state index is 0.256. The van der Waals surface area contributed by atoms with Crippen LogP contribution in [-0.4, -0.2) is 25.5 Å². The van der Waals surface area contributed by atoms with Crippen LogP contribution in [0.5, 0.6) is 0 Å². The molecule has 0 unspecified atom stereocenters. The maximum Gasteiger partial charge on any atom is 0.416 e. The molecule has 31 heavy (non-hydrogen) atoms. The Kier molecular flexibility index (Phi) is 5.18. The van der Waals surface area contributed by atoms with Crippen molar-refractivity contribution in [1.29, 1.82) is 0 Å². The third-order valence-electron chi connectivity index (χ3n) is 4.94. The first kappa shape index (κ1) is 20.5. The van der Waals surface area contributed by atoms with Gasteiger partial charge in [-0.25, -0.2) is 9.97 Å². The van der Waals surface area contributed by atoms with Crippen molar-refractivity contribution in [3.63, 3.8) is 0 Å². The van der Waals surface area contributed by atoms with E-state index in [-0.39, 0.29) is 5.56 Å². The number of amides is 1. The fourth-order valence-electron chi connectivity index (χ4n) is 3.33. The summed E-state index contributed by atoms with van der Waals surface area (Å²) in [6, 6.07) is 8.82. The standard InChI is InChI=1S/C22H18F3N5O/c1-3-14-12-30(19-8-7-15(10-16(14)19)22(23,24)25)29-21(31)17-11-27-20(28-13(17)2)18-6-4-5-9-26-18/h4-12H,3H2,1-2H3,(H,29,31). The van der Waals surface area contributed by atoms with Crippen LogP contribution in [0.15, 0.2) is 55.0 Å². The van der Waals surface area contributed by atoms with E-state index in [4.69, 9.17) is 0 Å². The van der Waals surface area contributed by atoms with Crippen LogP contribution in [0.2, 0.25) is 0 Å². The van der Waals surface area contributed by atoms with Gasteiger partial charge in [-0.1, -0.05) is 13.0 Å². The van der Waals surface area contributed by atoms with E-state index in [1.165, 1.54) is 16.9 Å². The summed E-state index contributed by atoms with van der Waals surface area (Å²) in [5.74, 6) is -0.0708. The van der Waals surface area contributed by atoms with E-state index in [9.17, 15) is 18.0 Å². The summed E-state index contributed by atoms with van der Waals surface area (Å²) >= 11 is 0. The molecule has 4 rings (SSSR count). The Hall–Kier alpha value is -3.75. The maximum atomic E-state index is 13.1. The van der Waals surface area contributed by atoms with Crippen LogP contribution in [0, 0.1) is 6.92 Å². The van der Waals surface area contributed by atoms with Crippen molar-refractivity contribution in [2.24, 2.45) is 0 Å². The lowest BCUT2D eigenvalue weighted by molar-refractivity contribution is -0.137. The zero-order chi connectivity index (χ0) is 22.2. The lowest BCUT2D eigenvalue weighted by Gasteiger charge is -2.11. The number of aryl methyl sites for hydroxylation is 2. The molecule has 3 aromatic heterocycles. The Morgan fingerprint density at radius 1 is 1.16 bits per heavy atom. The quantitative estimate of drug-likeness (QED) is 0.511. The van der Waals surface area contributed by atoms with E-state index >= 15 is 0 Å². The van der Waals surface area contributed by atoms with Gasteiger partial charge < -0.3 is 0 Å². The molecule has 1 N–H and O–H groups in total. The van der Waals surface area contributed by atoms with E-state index in [0.29, 0.717) is 40.1 Å². The Morgan fingerprint density at radius 3 is 2.61 bits per heavy atom. The molecule has 0 fully saturated rings. The predicted molar refractivity (Wildman–Crippen MR) is 110 cm³/mol. The summed E-state index contributed by atoms with van der Waals surface area (Å²) in [7, 11) is 0. The van der Waals surface area contributed by atoms with E-state index in [1.54, 1.807) is 31.5 Å². The molecule has 0 atom stereocenters. The highest BCUT2D eigenvalue weighted by molar-refractivity contribution is 6.01. The molecule has 0 saturated heterocycles. The third-order valence-corrected chi connectivity index (χ3v) is 4.94. The van der Waals surface area contributed by atoms with Crippen LogP contribution in [0.3, 0.4) is 0 Å². The van der Waals surface area contributed by atoms with Gasteiger partial charge in [0.25, 0.3) is 5.91 Å². The molecule has 3 heterocycles. The number of hydrogen-bond donors (Lipinski definition) is 1. The smallest absolute Gasteiger partial charge is 0.267 e. The van der Waals surface area contributed by atoms with Gasteiger partial charge in [-0.15, -0.1) is 0 Å². The normalized spacial score (nSPS) is 11.6. The number of benzene rings is 1. The van der Waals surface area contributed by atoms with Crippen molar-refractivity contribution < 1.29 is 18.0 Å². The number of nitrogens with zero attached hydrogens (tertiary/aromatic N) is 4. The number of nitrogens with one attached hydrogen (secondary N) is 1. The lowest BCUT2D eigenvalue weighted by atomic mass is 10.1. The largest absolute Gasteiger partial charge is 0.416 e. The Labute approximate surface area is 175 Å². The fraction of sp³-hybridized carbons (Fsp3) is 0.182. The number of carbonyl (C=O) groups is 1. The first-order valence-electron chi connectivity index (χ1n) is 9.55. The van der Waals surface area contributed by atoms with Crippen molar-refractivity contribution in [2.75, 3.05) is 5.43 Å². The zero-order valence-electron chi connectivity index (χ0n) is 16.7. The molecule has 0 aliphatic carbocycles. The molecular formula is C22H18F3N5O.